The average molecular weight is 198 g/mol. The zero-order chi connectivity index (χ0) is 10.4. The van der Waals surface area contributed by atoms with Crippen LogP contribution in [0.1, 0.15) is 5.56 Å². The fourth-order valence-electron chi connectivity index (χ4n) is 1.17. The lowest BCUT2D eigenvalue weighted by Crippen LogP contribution is -2.08. The van der Waals surface area contributed by atoms with Gasteiger partial charge in [0.25, 0.3) is 0 Å². The summed E-state index contributed by atoms with van der Waals surface area (Å²) in [4.78, 5) is 0. The Morgan fingerprint density at radius 2 is 2.21 bits per heavy atom. The van der Waals surface area contributed by atoms with Crippen molar-refractivity contribution in [2.24, 2.45) is 5.73 Å². The van der Waals surface area contributed by atoms with Crippen LogP contribution in [0.3, 0.4) is 0 Å². The van der Waals surface area contributed by atoms with E-state index in [2.05, 4.69) is 5.32 Å². The third kappa shape index (κ3) is 3.32. The third-order valence-electron chi connectivity index (χ3n) is 1.83. The number of methoxy groups -OCH3 is 1. The zero-order valence-corrected chi connectivity index (χ0v) is 8.22. The lowest BCUT2D eigenvalue weighted by Gasteiger charge is -2.07. The highest BCUT2D eigenvalue weighted by atomic mass is 19.1. The minimum Gasteiger partial charge on any atom is -0.383 e. The van der Waals surface area contributed by atoms with Crippen LogP contribution in [-0.4, -0.2) is 20.3 Å². The highest BCUT2D eigenvalue weighted by molar-refractivity contribution is 5.46. The van der Waals surface area contributed by atoms with Crippen molar-refractivity contribution in [2.75, 3.05) is 25.6 Å². The van der Waals surface area contributed by atoms with E-state index in [1.165, 1.54) is 12.1 Å². The van der Waals surface area contributed by atoms with E-state index in [0.29, 0.717) is 19.7 Å². The molecule has 78 valence electrons. The number of benzene rings is 1. The molecular formula is C10H15FN2O. The van der Waals surface area contributed by atoms with E-state index in [4.69, 9.17) is 10.5 Å². The molecule has 0 atom stereocenters. The van der Waals surface area contributed by atoms with E-state index in [1.54, 1.807) is 7.11 Å². The number of ether oxygens (including phenoxy) is 1. The van der Waals surface area contributed by atoms with Gasteiger partial charge in [0.1, 0.15) is 5.82 Å². The van der Waals surface area contributed by atoms with Gasteiger partial charge in [-0.15, -0.1) is 0 Å². The molecule has 3 nitrogen and oxygen atoms in total. The quantitative estimate of drug-likeness (QED) is 0.702. The molecule has 0 unspecified atom stereocenters. The summed E-state index contributed by atoms with van der Waals surface area (Å²) in [5.74, 6) is -0.270. The molecule has 0 radical (unpaired) electrons. The number of rotatable bonds is 5. The zero-order valence-electron chi connectivity index (χ0n) is 8.22. The first-order valence-corrected chi connectivity index (χ1v) is 4.48. The fraction of sp³-hybridized carbons (Fsp3) is 0.400. The van der Waals surface area contributed by atoms with Crippen LogP contribution in [0.25, 0.3) is 0 Å². The molecule has 1 rings (SSSR count). The van der Waals surface area contributed by atoms with E-state index in [-0.39, 0.29) is 5.82 Å². The number of hydrogen-bond donors (Lipinski definition) is 2. The first-order valence-electron chi connectivity index (χ1n) is 4.48. The number of halogens is 1. The molecule has 0 aliphatic heterocycles. The maximum absolute atomic E-state index is 13.0. The summed E-state index contributed by atoms with van der Waals surface area (Å²) in [7, 11) is 1.62. The summed E-state index contributed by atoms with van der Waals surface area (Å²) in [5, 5.41) is 3.04. The minimum atomic E-state index is -0.270. The highest BCUT2D eigenvalue weighted by Crippen LogP contribution is 2.13. The minimum absolute atomic E-state index is 0.270. The molecule has 14 heavy (non-hydrogen) atoms. The van der Waals surface area contributed by atoms with Crippen LogP contribution in [0.2, 0.25) is 0 Å². The van der Waals surface area contributed by atoms with Crippen molar-refractivity contribution < 1.29 is 9.13 Å². The van der Waals surface area contributed by atoms with E-state index >= 15 is 0 Å². The van der Waals surface area contributed by atoms with Gasteiger partial charge in [-0.3, -0.25) is 0 Å². The Labute approximate surface area is 83.1 Å². The van der Waals surface area contributed by atoms with E-state index in [1.807, 2.05) is 6.07 Å². The lowest BCUT2D eigenvalue weighted by molar-refractivity contribution is 0.211. The van der Waals surface area contributed by atoms with Crippen molar-refractivity contribution in [3.05, 3.63) is 29.6 Å². The van der Waals surface area contributed by atoms with Crippen molar-refractivity contribution >= 4 is 5.69 Å². The molecule has 4 heteroatoms. The average Bonchev–Trinajstić information content (AvgIpc) is 2.17. The molecule has 0 bridgehead atoms. The first-order chi connectivity index (χ1) is 6.76. The molecule has 0 aliphatic carbocycles. The largest absolute Gasteiger partial charge is 0.383 e. The van der Waals surface area contributed by atoms with E-state index in [9.17, 15) is 4.39 Å². The Balaban J connectivity index is 2.62. The van der Waals surface area contributed by atoms with Crippen molar-refractivity contribution in [2.45, 2.75) is 6.54 Å². The summed E-state index contributed by atoms with van der Waals surface area (Å²) in [6.07, 6.45) is 0. The van der Waals surface area contributed by atoms with Gasteiger partial charge < -0.3 is 15.8 Å². The second-order valence-electron chi connectivity index (χ2n) is 2.97. The number of nitrogens with one attached hydrogen (secondary N) is 1. The Kier molecular flexibility index (Phi) is 4.35. The molecule has 3 N–H and O–H groups in total. The predicted molar refractivity (Wildman–Crippen MR) is 54.7 cm³/mol. The van der Waals surface area contributed by atoms with Gasteiger partial charge in [-0.1, -0.05) is 0 Å². The molecule has 1 aromatic rings. The van der Waals surface area contributed by atoms with Crippen LogP contribution in [0.4, 0.5) is 10.1 Å². The summed E-state index contributed by atoms with van der Waals surface area (Å²) in [6.45, 7) is 1.59. The van der Waals surface area contributed by atoms with Crippen LogP contribution in [0.15, 0.2) is 18.2 Å². The van der Waals surface area contributed by atoms with Crippen molar-refractivity contribution in [1.82, 2.24) is 0 Å². The van der Waals surface area contributed by atoms with Gasteiger partial charge in [0, 0.05) is 25.9 Å². The van der Waals surface area contributed by atoms with Crippen LogP contribution in [0.5, 0.6) is 0 Å². The molecule has 0 fully saturated rings. The Morgan fingerprint density at radius 1 is 1.43 bits per heavy atom. The van der Waals surface area contributed by atoms with Gasteiger partial charge >= 0.3 is 0 Å². The number of anilines is 1. The van der Waals surface area contributed by atoms with Crippen LogP contribution >= 0.6 is 0 Å². The van der Waals surface area contributed by atoms with Gasteiger partial charge in [-0.05, 0) is 23.8 Å². The van der Waals surface area contributed by atoms with Crippen LogP contribution in [0, 0.1) is 5.82 Å². The molecule has 0 aromatic heterocycles. The monoisotopic (exact) mass is 198 g/mol. The predicted octanol–water partition coefficient (Wildman–Crippen LogP) is 1.34. The van der Waals surface area contributed by atoms with E-state index in [0.717, 1.165) is 11.3 Å². The molecule has 0 saturated carbocycles. The molecular weight excluding hydrogens is 183 g/mol. The molecule has 0 spiro atoms. The highest BCUT2D eigenvalue weighted by Gasteiger charge is 1.98. The maximum atomic E-state index is 13.0. The van der Waals surface area contributed by atoms with Gasteiger partial charge in [-0.25, -0.2) is 4.39 Å². The van der Waals surface area contributed by atoms with E-state index < -0.39 is 0 Å². The fourth-order valence-corrected chi connectivity index (χ4v) is 1.17. The summed E-state index contributed by atoms with van der Waals surface area (Å²) in [6, 6.07) is 4.70. The Bertz CT molecular complexity index is 291. The Morgan fingerprint density at radius 3 is 2.86 bits per heavy atom. The second-order valence-corrected chi connectivity index (χ2v) is 2.97. The molecule has 0 aliphatic rings. The number of nitrogens with two attached hydrogens (primary N) is 1. The van der Waals surface area contributed by atoms with Crippen LogP contribution < -0.4 is 11.1 Å². The topological polar surface area (TPSA) is 47.3 Å². The van der Waals surface area contributed by atoms with Gasteiger partial charge in [0.15, 0.2) is 0 Å². The van der Waals surface area contributed by atoms with Gasteiger partial charge in [-0.2, -0.15) is 0 Å². The maximum Gasteiger partial charge on any atom is 0.125 e. The van der Waals surface area contributed by atoms with Gasteiger partial charge in [0.2, 0.25) is 0 Å². The van der Waals surface area contributed by atoms with Gasteiger partial charge in [0.05, 0.1) is 6.61 Å². The summed E-state index contributed by atoms with van der Waals surface area (Å²) in [5.41, 5.74) is 6.94. The smallest absolute Gasteiger partial charge is 0.125 e. The molecule has 0 heterocycles. The molecule has 0 saturated heterocycles. The van der Waals surface area contributed by atoms with Crippen molar-refractivity contribution in [3.8, 4) is 0 Å². The first kappa shape index (κ1) is 10.9. The SMILES string of the molecule is COCCNc1cc(F)cc(CN)c1. The summed E-state index contributed by atoms with van der Waals surface area (Å²) >= 11 is 0. The standard InChI is InChI=1S/C10H15FN2O/c1-14-3-2-13-10-5-8(7-12)4-9(11)6-10/h4-6,13H,2-3,7,12H2,1H3. The van der Waals surface area contributed by atoms with Crippen molar-refractivity contribution in [1.29, 1.82) is 0 Å². The van der Waals surface area contributed by atoms with Crippen LogP contribution in [-0.2, 0) is 11.3 Å². The third-order valence-corrected chi connectivity index (χ3v) is 1.83. The lowest BCUT2D eigenvalue weighted by atomic mass is 10.2. The molecule has 1 aromatic carbocycles. The normalized spacial score (nSPS) is 10.2. The Hall–Kier alpha value is -1.13. The second kappa shape index (κ2) is 5.57. The molecule has 0 amide bonds. The summed E-state index contributed by atoms with van der Waals surface area (Å²) < 4.78 is 17.9. The van der Waals surface area contributed by atoms with Crippen molar-refractivity contribution in [3.63, 3.8) is 0 Å². The number of hydrogen-bond acceptors (Lipinski definition) is 3.